The fraction of sp³-hybridized carbons (Fsp3) is 0.556. The molecule has 184 valence electrons. The average molecular weight is 476 g/mol. The number of aromatic nitrogens is 4. The third-order valence-corrected chi connectivity index (χ3v) is 8.71. The molecular weight excluding hydrogens is 442 g/mol. The molecule has 0 radical (unpaired) electrons. The summed E-state index contributed by atoms with van der Waals surface area (Å²) in [5.41, 5.74) is 6.70. The summed E-state index contributed by atoms with van der Waals surface area (Å²) in [6.45, 7) is 2.93. The molecular formula is C27H33N5O3. The van der Waals surface area contributed by atoms with Gasteiger partial charge in [0.25, 0.3) is 5.56 Å². The number of nitrogens with two attached hydrogens (primary N) is 1. The van der Waals surface area contributed by atoms with Gasteiger partial charge in [0.05, 0.1) is 0 Å². The summed E-state index contributed by atoms with van der Waals surface area (Å²) in [6, 6.07) is 10.1. The molecule has 4 fully saturated rings. The Morgan fingerprint density at radius 1 is 1.00 bits per heavy atom. The molecule has 35 heavy (non-hydrogen) atoms. The van der Waals surface area contributed by atoms with Gasteiger partial charge in [-0.15, -0.1) is 0 Å². The van der Waals surface area contributed by atoms with Crippen LogP contribution in [0.3, 0.4) is 0 Å². The fourth-order valence-corrected chi connectivity index (χ4v) is 7.47. The quantitative estimate of drug-likeness (QED) is 0.541. The van der Waals surface area contributed by atoms with Crippen molar-refractivity contribution in [1.82, 2.24) is 18.7 Å². The van der Waals surface area contributed by atoms with Gasteiger partial charge in [-0.2, -0.15) is 0 Å². The predicted octanol–water partition coefficient (Wildman–Crippen LogP) is 2.84. The van der Waals surface area contributed by atoms with E-state index in [0.29, 0.717) is 48.4 Å². The lowest BCUT2D eigenvalue weighted by atomic mass is 9.75. The molecule has 4 aliphatic carbocycles. The summed E-state index contributed by atoms with van der Waals surface area (Å²) < 4.78 is 4.91. The third kappa shape index (κ3) is 3.56. The van der Waals surface area contributed by atoms with E-state index in [4.69, 9.17) is 10.7 Å². The molecule has 2 aromatic heterocycles. The second-order valence-corrected chi connectivity index (χ2v) is 10.8. The maximum absolute atomic E-state index is 13.8. The Morgan fingerprint density at radius 3 is 2.49 bits per heavy atom. The van der Waals surface area contributed by atoms with Gasteiger partial charge in [0.15, 0.2) is 11.2 Å². The van der Waals surface area contributed by atoms with E-state index >= 15 is 0 Å². The number of hydrogen-bond donors (Lipinski definition) is 1. The zero-order valence-corrected chi connectivity index (χ0v) is 20.2. The molecule has 8 nitrogen and oxygen atoms in total. The molecule has 0 saturated heterocycles. The van der Waals surface area contributed by atoms with Gasteiger partial charge in [-0.05, 0) is 61.3 Å². The number of carbonyl (C=O) groups excluding carboxylic acids is 1. The Morgan fingerprint density at radius 2 is 1.77 bits per heavy atom. The monoisotopic (exact) mass is 475 g/mol. The Kier molecular flexibility index (Phi) is 5.42. The Labute approximate surface area is 203 Å². The van der Waals surface area contributed by atoms with E-state index in [-0.39, 0.29) is 18.5 Å². The molecule has 2 N–H and O–H groups in total. The second-order valence-electron chi connectivity index (χ2n) is 10.8. The van der Waals surface area contributed by atoms with E-state index in [9.17, 15) is 14.4 Å². The third-order valence-electron chi connectivity index (χ3n) is 8.71. The second kappa shape index (κ2) is 8.50. The molecule has 0 aliphatic heterocycles. The lowest BCUT2D eigenvalue weighted by molar-refractivity contribution is -0.118. The van der Waals surface area contributed by atoms with E-state index in [1.807, 2.05) is 25.1 Å². The Balaban J connectivity index is 1.60. The highest BCUT2D eigenvalue weighted by Gasteiger charge is 2.55. The van der Waals surface area contributed by atoms with Crippen molar-refractivity contribution in [2.45, 2.75) is 71.0 Å². The number of amides is 1. The lowest BCUT2D eigenvalue weighted by Crippen LogP contribution is -2.41. The first-order valence-corrected chi connectivity index (χ1v) is 13.0. The molecule has 5 atom stereocenters. The Bertz CT molecular complexity index is 1400. The number of nitrogens with zero attached hydrogens (tertiary/aromatic N) is 4. The zero-order valence-electron chi connectivity index (χ0n) is 20.2. The molecule has 3 aromatic rings. The normalized spacial score (nSPS) is 26.7. The predicted molar refractivity (Wildman–Crippen MR) is 133 cm³/mol. The van der Waals surface area contributed by atoms with Crippen molar-refractivity contribution in [2.24, 2.45) is 29.4 Å². The number of aryl methyl sites for hydroxylation is 1. The lowest BCUT2D eigenvalue weighted by Gasteiger charge is -2.32. The minimum absolute atomic E-state index is 0.0264. The molecule has 1 amide bonds. The van der Waals surface area contributed by atoms with Crippen molar-refractivity contribution < 1.29 is 4.79 Å². The van der Waals surface area contributed by atoms with Crippen molar-refractivity contribution in [3.63, 3.8) is 0 Å². The number of hydrogen-bond acceptors (Lipinski definition) is 4. The summed E-state index contributed by atoms with van der Waals surface area (Å²) in [5, 5.41) is 0. The number of rotatable bonds is 8. The maximum Gasteiger partial charge on any atom is 0.332 e. The largest absolute Gasteiger partial charge is 0.370 e. The first-order chi connectivity index (χ1) is 17.0. The number of imidazole rings is 1. The van der Waals surface area contributed by atoms with Crippen LogP contribution in [0.15, 0.2) is 39.9 Å². The number of primary amides is 1. The molecule has 4 saturated carbocycles. The molecule has 0 spiro atoms. The zero-order chi connectivity index (χ0) is 24.3. The van der Waals surface area contributed by atoms with E-state index < -0.39 is 11.6 Å². The van der Waals surface area contributed by atoms with Crippen LogP contribution < -0.4 is 17.0 Å². The summed E-state index contributed by atoms with van der Waals surface area (Å²) in [5.74, 6) is 3.56. The molecule has 2 heterocycles. The molecule has 4 bridgehead atoms. The van der Waals surface area contributed by atoms with Gasteiger partial charge in [-0.25, -0.2) is 9.78 Å². The molecule has 8 heteroatoms. The first kappa shape index (κ1) is 22.3. The van der Waals surface area contributed by atoms with Gasteiger partial charge in [-0.3, -0.25) is 18.7 Å². The van der Waals surface area contributed by atoms with E-state index in [0.717, 1.165) is 23.2 Å². The topological polar surface area (TPSA) is 105 Å². The van der Waals surface area contributed by atoms with Crippen molar-refractivity contribution in [1.29, 1.82) is 0 Å². The van der Waals surface area contributed by atoms with Gasteiger partial charge in [0.1, 0.15) is 5.82 Å². The molecule has 1 aromatic carbocycles. The highest BCUT2D eigenvalue weighted by atomic mass is 16.2. The highest BCUT2D eigenvalue weighted by Crippen LogP contribution is 2.64. The van der Waals surface area contributed by atoms with Crippen LogP contribution in [0.2, 0.25) is 0 Å². The van der Waals surface area contributed by atoms with E-state index in [1.165, 1.54) is 34.8 Å². The van der Waals surface area contributed by atoms with Crippen LogP contribution in [-0.2, 0) is 24.4 Å². The first-order valence-electron chi connectivity index (χ1n) is 13.0. The maximum atomic E-state index is 13.8. The van der Waals surface area contributed by atoms with Crippen molar-refractivity contribution in [3.8, 4) is 0 Å². The van der Waals surface area contributed by atoms with Crippen molar-refractivity contribution in [2.75, 3.05) is 0 Å². The molecule has 4 aliphatic rings. The summed E-state index contributed by atoms with van der Waals surface area (Å²) in [4.78, 5) is 43.9. The number of fused-ring (bicyclic) bond motifs is 1. The van der Waals surface area contributed by atoms with Crippen molar-refractivity contribution >= 4 is 17.1 Å². The smallest absolute Gasteiger partial charge is 0.332 e. The van der Waals surface area contributed by atoms with Crippen molar-refractivity contribution in [3.05, 3.63) is 62.6 Å². The molecule has 7 rings (SSSR count). The average Bonchev–Trinajstić information content (AvgIpc) is 3.42. The highest BCUT2D eigenvalue weighted by molar-refractivity contribution is 5.75. The molecule has 5 unspecified atom stereocenters. The SMILES string of the molecule is CCCn1c(=O)c2c(nc(C3C4CC5CC(C4)C3C5)n2Cc2ccccc2)n(CCC(N)=O)c1=O. The van der Waals surface area contributed by atoms with Crippen LogP contribution in [0.25, 0.3) is 11.2 Å². The fourth-order valence-electron chi connectivity index (χ4n) is 7.47. The summed E-state index contributed by atoms with van der Waals surface area (Å²) >= 11 is 0. The minimum atomic E-state index is -0.479. The van der Waals surface area contributed by atoms with Gasteiger partial charge in [-0.1, -0.05) is 37.3 Å². The van der Waals surface area contributed by atoms with Crippen LogP contribution in [0.1, 0.15) is 62.8 Å². The van der Waals surface area contributed by atoms with Gasteiger partial charge in [0, 0.05) is 32.0 Å². The standard InChI is InChI=1S/C27H33N5O3/c1-2-9-31-26(34)23-25(30(27(31)35)10-8-21(28)33)29-24(32(23)15-16-6-4-3-5-7-16)22-19-12-17-11-18(14-19)20(22)13-17/h3-7,17-20,22H,2,8-15H2,1H3,(H2,28,33). The van der Waals surface area contributed by atoms with E-state index in [2.05, 4.69) is 16.7 Å². The van der Waals surface area contributed by atoms with Crippen LogP contribution >= 0.6 is 0 Å². The van der Waals surface area contributed by atoms with Crippen LogP contribution in [-0.4, -0.2) is 24.6 Å². The minimum Gasteiger partial charge on any atom is -0.370 e. The Hall–Kier alpha value is -3.16. The van der Waals surface area contributed by atoms with E-state index in [1.54, 1.807) is 0 Å². The van der Waals surface area contributed by atoms with Gasteiger partial charge < -0.3 is 10.3 Å². The van der Waals surface area contributed by atoms with Crippen LogP contribution in [0.4, 0.5) is 0 Å². The van der Waals surface area contributed by atoms with Crippen LogP contribution in [0.5, 0.6) is 0 Å². The summed E-state index contributed by atoms with van der Waals surface area (Å²) in [6.07, 6.45) is 5.73. The number of benzene rings is 1. The van der Waals surface area contributed by atoms with Crippen LogP contribution in [0, 0.1) is 23.7 Å². The number of carbonyl (C=O) groups is 1. The summed E-state index contributed by atoms with van der Waals surface area (Å²) in [7, 11) is 0. The van der Waals surface area contributed by atoms with Gasteiger partial charge in [0.2, 0.25) is 5.91 Å². The van der Waals surface area contributed by atoms with Gasteiger partial charge >= 0.3 is 5.69 Å².